The minimum absolute atomic E-state index is 0.0837. The van der Waals surface area contributed by atoms with E-state index in [1.54, 1.807) is 30.2 Å². The molecule has 0 spiro atoms. The fourth-order valence-corrected chi connectivity index (χ4v) is 4.06. The van der Waals surface area contributed by atoms with Crippen molar-refractivity contribution in [3.63, 3.8) is 0 Å². The second-order valence-electron chi connectivity index (χ2n) is 5.42. The molecule has 0 fully saturated rings. The van der Waals surface area contributed by atoms with Crippen LogP contribution in [0.2, 0.25) is 0 Å². The van der Waals surface area contributed by atoms with Crippen molar-refractivity contribution in [2.45, 2.75) is 38.8 Å². The first-order valence-corrected chi connectivity index (χ1v) is 7.73. The van der Waals surface area contributed by atoms with E-state index in [-0.39, 0.29) is 6.54 Å². The Labute approximate surface area is 124 Å². The number of halogens is 3. The largest absolute Gasteiger partial charge is 0.390 e. The summed E-state index contributed by atoms with van der Waals surface area (Å²) in [6, 6.07) is 0. The summed E-state index contributed by atoms with van der Waals surface area (Å²) in [5.74, 6) is 1.25. The summed E-state index contributed by atoms with van der Waals surface area (Å²) in [5, 5.41) is 0.961. The van der Waals surface area contributed by atoms with E-state index < -0.39 is 12.6 Å². The molecule has 0 N–H and O–H groups in total. The molecular weight excluding hydrogens is 299 g/mol. The molecular formula is C14H16F3N3S. The minimum Gasteiger partial charge on any atom is -0.359 e. The van der Waals surface area contributed by atoms with Crippen molar-refractivity contribution in [3.05, 3.63) is 16.3 Å². The molecule has 2 aromatic rings. The fourth-order valence-electron chi connectivity index (χ4n) is 2.76. The third-order valence-electron chi connectivity index (χ3n) is 3.75. The van der Waals surface area contributed by atoms with E-state index in [2.05, 4.69) is 9.97 Å². The van der Waals surface area contributed by atoms with Crippen LogP contribution >= 0.6 is 11.3 Å². The topological polar surface area (TPSA) is 29.0 Å². The van der Waals surface area contributed by atoms with E-state index in [0.29, 0.717) is 11.6 Å². The van der Waals surface area contributed by atoms with Crippen LogP contribution in [0.3, 0.4) is 0 Å². The van der Waals surface area contributed by atoms with Gasteiger partial charge in [0.25, 0.3) is 0 Å². The lowest BCUT2D eigenvalue weighted by molar-refractivity contribution is -0.132. The van der Waals surface area contributed by atoms with Crippen LogP contribution in [0, 0.1) is 6.92 Å². The lowest BCUT2D eigenvalue weighted by atomic mass is 10.2. The molecule has 1 aliphatic carbocycles. The molecule has 3 rings (SSSR count). The van der Waals surface area contributed by atoms with Gasteiger partial charge in [0.1, 0.15) is 16.5 Å². The summed E-state index contributed by atoms with van der Waals surface area (Å²) in [6.07, 6.45) is -1.86. The normalized spacial score (nSPS) is 14.7. The van der Waals surface area contributed by atoms with Crippen LogP contribution in [-0.2, 0) is 12.8 Å². The highest BCUT2D eigenvalue weighted by Gasteiger charge is 2.29. The summed E-state index contributed by atoms with van der Waals surface area (Å²) in [4.78, 5) is 12.7. The Bertz CT molecular complexity index is 678. The van der Waals surface area contributed by atoms with Crippen LogP contribution in [0.1, 0.15) is 29.1 Å². The third-order valence-corrected chi connectivity index (χ3v) is 4.94. The Morgan fingerprint density at radius 1 is 1.24 bits per heavy atom. The van der Waals surface area contributed by atoms with Gasteiger partial charge in [-0.1, -0.05) is 0 Å². The molecule has 0 saturated heterocycles. The maximum Gasteiger partial charge on any atom is 0.390 e. The van der Waals surface area contributed by atoms with Crippen LogP contribution in [0.15, 0.2) is 0 Å². The zero-order chi connectivity index (χ0) is 15.2. The predicted octanol–water partition coefficient (Wildman–Crippen LogP) is 3.88. The maximum absolute atomic E-state index is 12.4. The van der Waals surface area contributed by atoms with Crippen molar-refractivity contribution in [2.24, 2.45) is 0 Å². The van der Waals surface area contributed by atoms with Gasteiger partial charge < -0.3 is 4.90 Å². The van der Waals surface area contributed by atoms with Crippen molar-refractivity contribution >= 4 is 27.4 Å². The van der Waals surface area contributed by atoms with Crippen LogP contribution in [0.5, 0.6) is 0 Å². The van der Waals surface area contributed by atoms with Gasteiger partial charge in [0.15, 0.2) is 0 Å². The number of aryl methyl sites for hydroxylation is 3. The predicted molar refractivity (Wildman–Crippen MR) is 78.1 cm³/mol. The van der Waals surface area contributed by atoms with Gasteiger partial charge in [-0.05, 0) is 31.7 Å². The van der Waals surface area contributed by atoms with Gasteiger partial charge in [-0.3, -0.25) is 0 Å². The number of anilines is 1. The van der Waals surface area contributed by atoms with Gasteiger partial charge in [0.2, 0.25) is 0 Å². The highest BCUT2D eigenvalue weighted by molar-refractivity contribution is 7.19. The Morgan fingerprint density at radius 3 is 2.71 bits per heavy atom. The Balaban J connectivity index is 2.00. The van der Waals surface area contributed by atoms with E-state index in [1.165, 1.54) is 10.4 Å². The number of hydrogen-bond acceptors (Lipinski definition) is 4. The minimum atomic E-state index is -4.15. The van der Waals surface area contributed by atoms with Crippen molar-refractivity contribution < 1.29 is 13.2 Å². The monoisotopic (exact) mass is 315 g/mol. The summed E-state index contributed by atoms with van der Waals surface area (Å²) < 4.78 is 37.3. The first-order chi connectivity index (χ1) is 9.85. The number of nitrogens with zero attached hydrogens (tertiary/aromatic N) is 3. The lowest BCUT2D eigenvalue weighted by Crippen LogP contribution is -2.25. The van der Waals surface area contributed by atoms with Crippen molar-refractivity contribution in [2.75, 3.05) is 18.5 Å². The molecule has 2 aromatic heterocycles. The Kier molecular flexibility index (Phi) is 3.55. The average Bonchev–Trinajstić information content (AvgIpc) is 2.93. The summed E-state index contributed by atoms with van der Waals surface area (Å²) in [5.41, 5.74) is 1.24. The smallest absolute Gasteiger partial charge is 0.359 e. The van der Waals surface area contributed by atoms with Gasteiger partial charge in [-0.25, -0.2) is 9.97 Å². The van der Waals surface area contributed by atoms with E-state index in [0.717, 1.165) is 29.5 Å². The van der Waals surface area contributed by atoms with Gasteiger partial charge in [0.05, 0.1) is 11.8 Å². The zero-order valence-electron chi connectivity index (χ0n) is 11.9. The molecule has 0 aromatic carbocycles. The molecule has 0 unspecified atom stereocenters. The molecule has 2 heterocycles. The van der Waals surface area contributed by atoms with Crippen LogP contribution < -0.4 is 4.90 Å². The summed E-state index contributed by atoms with van der Waals surface area (Å²) >= 11 is 1.66. The van der Waals surface area contributed by atoms with Gasteiger partial charge in [-0.15, -0.1) is 11.3 Å². The summed E-state index contributed by atoms with van der Waals surface area (Å²) in [6.45, 7) is 1.70. The molecule has 0 saturated carbocycles. The molecule has 21 heavy (non-hydrogen) atoms. The van der Waals surface area contributed by atoms with Crippen molar-refractivity contribution in [1.82, 2.24) is 9.97 Å². The molecule has 0 bridgehead atoms. The molecule has 7 heteroatoms. The third kappa shape index (κ3) is 2.84. The molecule has 0 radical (unpaired) electrons. The number of rotatable bonds is 3. The van der Waals surface area contributed by atoms with Crippen LogP contribution in [-0.4, -0.2) is 29.7 Å². The average molecular weight is 315 g/mol. The first kappa shape index (κ1) is 14.6. The number of aromatic nitrogens is 2. The number of hydrogen-bond donors (Lipinski definition) is 0. The van der Waals surface area contributed by atoms with E-state index >= 15 is 0 Å². The Morgan fingerprint density at radius 2 is 2.00 bits per heavy atom. The zero-order valence-corrected chi connectivity index (χ0v) is 12.7. The van der Waals surface area contributed by atoms with Crippen LogP contribution in [0.25, 0.3) is 10.2 Å². The van der Waals surface area contributed by atoms with E-state index in [9.17, 15) is 13.2 Å². The molecule has 0 atom stereocenters. The lowest BCUT2D eigenvalue weighted by Gasteiger charge is -2.20. The first-order valence-electron chi connectivity index (χ1n) is 6.92. The SMILES string of the molecule is Cc1nc(N(C)CCC(F)(F)F)c2c3c(sc2n1)CCC3. The quantitative estimate of drug-likeness (QED) is 0.861. The standard InChI is InChI=1S/C14H16F3N3S/c1-8-18-12(20(2)7-6-14(15,16)17)11-9-4-3-5-10(9)21-13(11)19-8/h3-7H2,1-2H3. The van der Waals surface area contributed by atoms with Gasteiger partial charge in [-0.2, -0.15) is 13.2 Å². The van der Waals surface area contributed by atoms with Crippen molar-refractivity contribution in [1.29, 1.82) is 0 Å². The van der Waals surface area contributed by atoms with E-state index in [4.69, 9.17) is 0 Å². The van der Waals surface area contributed by atoms with Gasteiger partial charge >= 0.3 is 6.18 Å². The molecule has 3 nitrogen and oxygen atoms in total. The second-order valence-corrected chi connectivity index (χ2v) is 6.50. The molecule has 0 amide bonds. The van der Waals surface area contributed by atoms with Gasteiger partial charge in [0, 0.05) is 18.5 Å². The fraction of sp³-hybridized carbons (Fsp3) is 0.571. The molecule has 114 valence electrons. The number of fused-ring (bicyclic) bond motifs is 3. The Hall–Kier alpha value is -1.37. The number of thiophene rings is 1. The molecule has 1 aliphatic rings. The molecule has 0 aliphatic heterocycles. The summed E-state index contributed by atoms with van der Waals surface area (Å²) in [7, 11) is 1.67. The highest BCUT2D eigenvalue weighted by Crippen LogP contribution is 2.40. The van der Waals surface area contributed by atoms with Crippen molar-refractivity contribution in [3.8, 4) is 0 Å². The van der Waals surface area contributed by atoms with E-state index in [1.807, 2.05) is 0 Å². The van der Waals surface area contributed by atoms with Crippen LogP contribution in [0.4, 0.5) is 19.0 Å². The second kappa shape index (κ2) is 5.12. The maximum atomic E-state index is 12.4. The highest BCUT2D eigenvalue weighted by atomic mass is 32.1. The number of alkyl halides is 3.